The van der Waals surface area contributed by atoms with Gasteiger partial charge in [-0.25, -0.2) is 4.79 Å². The molecule has 0 fully saturated rings. The normalized spacial score (nSPS) is 11.9. The van der Waals surface area contributed by atoms with E-state index in [1.54, 1.807) is 0 Å². The third-order valence-electron chi connectivity index (χ3n) is 2.14. The van der Waals surface area contributed by atoms with E-state index < -0.39 is 12.1 Å². The molecule has 0 aliphatic carbocycles. The minimum Gasteiger partial charge on any atom is -0.494 e. The first-order chi connectivity index (χ1) is 7.67. The molecule has 0 aliphatic rings. The van der Waals surface area contributed by atoms with Gasteiger partial charge < -0.3 is 14.6 Å². The summed E-state index contributed by atoms with van der Waals surface area (Å²) in [4.78, 5) is 11.0. The molecule has 1 aromatic rings. The van der Waals surface area contributed by atoms with Gasteiger partial charge in [0.05, 0.1) is 13.7 Å². The van der Waals surface area contributed by atoms with Gasteiger partial charge >= 0.3 is 5.97 Å². The second kappa shape index (κ2) is 6.12. The van der Waals surface area contributed by atoms with Crippen LogP contribution in [0, 0.1) is 0 Å². The van der Waals surface area contributed by atoms with Crippen LogP contribution in [-0.2, 0) is 16.0 Å². The molecule has 0 aliphatic heterocycles. The maximum absolute atomic E-state index is 11.0. The zero-order valence-electron chi connectivity index (χ0n) is 9.47. The van der Waals surface area contributed by atoms with E-state index in [-0.39, 0.29) is 6.42 Å². The van der Waals surface area contributed by atoms with Gasteiger partial charge in [-0.15, -0.1) is 0 Å². The number of hydrogen-bond acceptors (Lipinski definition) is 4. The largest absolute Gasteiger partial charge is 0.494 e. The van der Waals surface area contributed by atoms with E-state index in [1.807, 2.05) is 31.2 Å². The van der Waals surface area contributed by atoms with E-state index in [4.69, 9.17) is 4.74 Å². The van der Waals surface area contributed by atoms with Gasteiger partial charge in [0.2, 0.25) is 0 Å². The molecule has 88 valence electrons. The van der Waals surface area contributed by atoms with E-state index in [1.165, 1.54) is 7.11 Å². The molecular weight excluding hydrogens is 208 g/mol. The number of methoxy groups -OCH3 is 1. The Kier molecular flexibility index (Phi) is 4.79. The van der Waals surface area contributed by atoms with Gasteiger partial charge in [-0.1, -0.05) is 12.1 Å². The van der Waals surface area contributed by atoms with Crippen molar-refractivity contribution in [3.05, 3.63) is 29.8 Å². The zero-order chi connectivity index (χ0) is 12.0. The third kappa shape index (κ3) is 3.55. The number of hydrogen-bond donors (Lipinski definition) is 1. The van der Waals surface area contributed by atoms with Gasteiger partial charge in [0, 0.05) is 6.42 Å². The fourth-order valence-corrected chi connectivity index (χ4v) is 1.33. The van der Waals surface area contributed by atoms with Crippen LogP contribution in [0.1, 0.15) is 12.5 Å². The SMILES string of the molecule is CCOc1ccc(CC(O)C(=O)OC)cc1. The lowest BCUT2D eigenvalue weighted by molar-refractivity contribution is -0.150. The van der Waals surface area contributed by atoms with Gasteiger partial charge in [0.1, 0.15) is 5.75 Å². The number of aliphatic hydroxyl groups excluding tert-OH is 1. The van der Waals surface area contributed by atoms with Crippen LogP contribution in [0.15, 0.2) is 24.3 Å². The molecule has 0 saturated heterocycles. The summed E-state index contributed by atoms with van der Waals surface area (Å²) in [6, 6.07) is 7.25. The lowest BCUT2D eigenvalue weighted by Crippen LogP contribution is -2.24. The maximum Gasteiger partial charge on any atom is 0.335 e. The number of rotatable bonds is 5. The van der Waals surface area contributed by atoms with Gasteiger partial charge in [-0.2, -0.15) is 0 Å². The first kappa shape index (κ1) is 12.5. The predicted octanol–water partition coefficient (Wildman–Crippen LogP) is 1.16. The van der Waals surface area contributed by atoms with Crippen molar-refractivity contribution >= 4 is 5.97 Å². The Morgan fingerprint density at radius 3 is 2.50 bits per heavy atom. The van der Waals surface area contributed by atoms with Crippen molar-refractivity contribution in [2.75, 3.05) is 13.7 Å². The number of carbonyl (C=O) groups excluding carboxylic acids is 1. The third-order valence-corrected chi connectivity index (χ3v) is 2.14. The molecule has 16 heavy (non-hydrogen) atoms. The highest BCUT2D eigenvalue weighted by Crippen LogP contribution is 2.13. The molecule has 1 unspecified atom stereocenters. The molecule has 0 bridgehead atoms. The molecule has 0 amide bonds. The molecule has 1 N–H and O–H groups in total. The molecule has 4 heteroatoms. The van der Waals surface area contributed by atoms with Crippen LogP contribution < -0.4 is 4.74 Å². The summed E-state index contributed by atoms with van der Waals surface area (Å²) in [5, 5.41) is 9.44. The number of esters is 1. The molecular formula is C12H16O4. The Bertz CT molecular complexity index is 331. The summed E-state index contributed by atoms with van der Waals surface area (Å²) in [7, 11) is 1.25. The van der Waals surface area contributed by atoms with Crippen LogP contribution in [0.3, 0.4) is 0 Å². The van der Waals surface area contributed by atoms with E-state index in [9.17, 15) is 9.90 Å². The highest BCUT2D eigenvalue weighted by Gasteiger charge is 2.15. The predicted molar refractivity (Wildman–Crippen MR) is 59.3 cm³/mol. The van der Waals surface area contributed by atoms with Crippen LogP contribution in [0.5, 0.6) is 5.75 Å². The average molecular weight is 224 g/mol. The molecule has 0 heterocycles. The summed E-state index contributed by atoms with van der Waals surface area (Å²) >= 11 is 0. The molecule has 1 atom stereocenters. The minimum atomic E-state index is -1.11. The molecule has 0 saturated carbocycles. The lowest BCUT2D eigenvalue weighted by atomic mass is 10.1. The topological polar surface area (TPSA) is 55.8 Å². The fraction of sp³-hybridized carbons (Fsp3) is 0.417. The summed E-state index contributed by atoms with van der Waals surface area (Å²) in [5.74, 6) is 0.160. The highest BCUT2D eigenvalue weighted by atomic mass is 16.5. The van der Waals surface area contributed by atoms with Crippen molar-refractivity contribution in [2.45, 2.75) is 19.4 Å². The second-order valence-electron chi connectivity index (χ2n) is 3.32. The van der Waals surface area contributed by atoms with E-state index >= 15 is 0 Å². The first-order valence-electron chi connectivity index (χ1n) is 5.15. The fourth-order valence-electron chi connectivity index (χ4n) is 1.33. The number of aliphatic hydroxyl groups is 1. The van der Waals surface area contributed by atoms with Gasteiger partial charge in [-0.05, 0) is 24.6 Å². The van der Waals surface area contributed by atoms with Crippen molar-refractivity contribution < 1.29 is 19.4 Å². The van der Waals surface area contributed by atoms with Crippen LogP contribution >= 0.6 is 0 Å². The van der Waals surface area contributed by atoms with Gasteiger partial charge in [-0.3, -0.25) is 0 Å². The molecule has 1 rings (SSSR count). The Hall–Kier alpha value is -1.55. The van der Waals surface area contributed by atoms with Crippen LogP contribution in [0.2, 0.25) is 0 Å². The maximum atomic E-state index is 11.0. The number of carbonyl (C=O) groups is 1. The zero-order valence-corrected chi connectivity index (χ0v) is 9.47. The Labute approximate surface area is 94.8 Å². The molecule has 1 aromatic carbocycles. The van der Waals surface area contributed by atoms with Crippen molar-refractivity contribution in [2.24, 2.45) is 0 Å². The molecule has 0 spiro atoms. The van der Waals surface area contributed by atoms with Crippen molar-refractivity contribution in [1.82, 2.24) is 0 Å². The minimum absolute atomic E-state index is 0.249. The summed E-state index contributed by atoms with van der Waals surface area (Å²) in [6.45, 7) is 2.53. The van der Waals surface area contributed by atoms with Crippen LogP contribution in [0.25, 0.3) is 0 Å². The lowest BCUT2D eigenvalue weighted by Gasteiger charge is -2.09. The number of ether oxygens (including phenoxy) is 2. The van der Waals surface area contributed by atoms with Crippen molar-refractivity contribution in [3.63, 3.8) is 0 Å². The van der Waals surface area contributed by atoms with Crippen LogP contribution in [-0.4, -0.2) is 30.9 Å². The van der Waals surface area contributed by atoms with Gasteiger partial charge in [0.15, 0.2) is 6.10 Å². The number of benzene rings is 1. The molecule has 0 aromatic heterocycles. The summed E-state index contributed by atoms with van der Waals surface area (Å²) in [6.07, 6.45) is -0.859. The quantitative estimate of drug-likeness (QED) is 0.762. The highest BCUT2D eigenvalue weighted by molar-refractivity contribution is 5.74. The standard InChI is InChI=1S/C12H16O4/c1-3-16-10-6-4-9(5-7-10)8-11(13)12(14)15-2/h4-7,11,13H,3,8H2,1-2H3. The molecule has 0 radical (unpaired) electrons. The smallest absolute Gasteiger partial charge is 0.335 e. The Balaban J connectivity index is 2.58. The Morgan fingerprint density at radius 1 is 1.38 bits per heavy atom. The van der Waals surface area contributed by atoms with Gasteiger partial charge in [0.25, 0.3) is 0 Å². The van der Waals surface area contributed by atoms with E-state index in [0.717, 1.165) is 11.3 Å². The van der Waals surface area contributed by atoms with E-state index in [2.05, 4.69) is 4.74 Å². The molecule has 4 nitrogen and oxygen atoms in total. The first-order valence-corrected chi connectivity index (χ1v) is 5.15. The summed E-state index contributed by atoms with van der Waals surface area (Å²) in [5.41, 5.74) is 0.862. The van der Waals surface area contributed by atoms with E-state index in [0.29, 0.717) is 6.61 Å². The van der Waals surface area contributed by atoms with Crippen molar-refractivity contribution in [1.29, 1.82) is 0 Å². The average Bonchev–Trinajstić information content (AvgIpc) is 2.31. The Morgan fingerprint density at radius 2 is 2.00 bits per heavy atom. The monoisotopic (exact) mass is 224 g/mol. The second-order valence-corrected chi connectivity index (χ2v) is 3.32. The van der Waals surface area contributed by atoms with Crippen LogP contribution in [0.4, 0.5) is 0 Å². The van der Waals surface area contributed by atoms with Crippen molar-refractivity contribution in [3.8, 4) is 5.75 Å². The summed E-state index contributed by atoms with van der Waals surface area (Å²) < 4.78 is 9.71.